The number of carbonyl (C=O) groups is 3. The summed E-state index contributed by atoms with van der Waals surface area (Å²) in [4.78, 5) is 43.6. The number of anilines is 1. The average Bonchev–Trinajstić information content (AvgIpc) is 2.74. The zero-order valence-electron chi connectivity index (χ0n) is 17.4. The molecule has 2 atom stereocenters. The number of hydrogen-bond acceptors (Lipinski definition) is 4. The van der Waals surface area contributed by atoms with Gasteiger partial charge in [-0.15, -0.1) is 0 Å². The lowest BCUT2D eigenvalue weighted by atomic mass is 9.96. The third kappa shape index (κ3) is 5.89. The highest BCUT2D eigenvalue weighted by atomic mass is 16.2. The monoisotopic (exact) mass is 408 g/mol. The first kappa shape index (κ1) is 21.5. The van der Waals surface area contributed by atoms with E-state index >= 15 is 0 Å². The number of aryl methyl sites for hydroxylation is 1. The molecule has 2 unspecified atom stereocenters. The van der Waals surface area contributed by atoms with Crippen LogP contribution in [0.5, 0.6) is 0 Å². The van der Waals surface area contributed by atoms with E-state index in [0.717, 1.165) is 18.5 Å². The van der Waals surface area contributed by atoms with Gasteiger partial charge in [0.05, 0.1) is 5.92 Å². The first-order chi connectivity index (χ1) is 14.4. The van der Waals surface area contributed by atoms with Crippen molar-refractivity contribution < 1.29 is 14.4 Å². The molecule has 1 aromatic heterocycles. The minimum absolute atomic E-state index is 0.0537. The molecule has 2 heterocycles. The van der Waals surface area contributed by atoms with Crippen LogP contribution in [0, 0.1) is 12.8 Å². The fourth-order valence-electron chi connectivity index (χ4n) is 3.60. The molecule has 0 radical (unpaired) electrons. The van der Waals surface area contributed by atoms with Crippen molar-refractivity contribution in [1.82, 2.24) is 15.2 Å². The second-order valence-corrected chi connectivity index (χ2v) is 7.78. The molecule has 0 spiro atoms. The molecule has 2 N–H and O–H groups in total. The van der Waals surface area contributed by atoms with Crippen LogP contribution in [0.25, 0.3) is 0 Å². The lowest BCUT2D eigenvalue weighted by Gasteiger charge is -2.32. The highest BCUT2D eigenvalue weighted by Gasteiger charge is 2.29. The van der Waals surface area contributed by atoms with Crippen molar-refractivity contribution in [1.29, 1.82) is 0 Å². The zero-order chi connectivity index (χ0) is 21.5. The number of carbonyl (C=O) groups excluding carboxylic acids is 3. The highest BCUT2D eigenvalue weighted by molar-refractivity contribution is 5.95. The maximum Gasteiger partial charge on any atom is 0.251 e. The number of likely N-dealkylation sites (tertiary alicyclic amines) is 1. The van der Waals surface area contributed by atoms with Gasteiger partial charge in [-0.05, 0) is 51.0 Å². The third-order valence-corrected chi connectivity index (χ3v) is 5.18. The molecule has 7 nitrogen and oxygen atoms in total. The van der Waals surface area contributed by atoms with Crippen LogP contribution >= 0.6 is 0 Å². The second-order valence-electron chi connectivity index (χ2n) is 7.78. The van der Waals surface area contributed by atoms with Crippen molar-refractivity contribution in [3.8, 4) is 0 Å². The molecule has 0 bridgehead atoms. The van der Waals surface area contributed by atoms with Gasteiger partial charge in [-0.3, -0.25) is 14.4 Å². The molecule has 1 saturated heterocycles. The van der Waals surface area contributed by atoms with Crippen LogP contribution in [0.3, 0.4) is 0 Å². The molecule has 0 saturated carbocycles. The number of aromatic nitrogens is 1. The van der Waals surface area contributed by atoms with E-state index in [-0.39, 0.29) is 36.1 Å². The lowest BCUT2D eigenvalue weighted by molar-refractivity contribution is -0.134. The summed E-state index contributed by atoms with van der Waals surface area (Å²) < 4.78 is 0. The number of piperidine rings is 1. The Morgan fingerprint density at radius 1 is 1.13 bits per heavy atom. The minimum atomic E-state index is -0.295. The molecule has 158 valence electrons. The van der Waals surface area contributed by atoms with E-state index < -0.39 is 0 Å². The maximum atomic E-state index is 12.7. The summed E-state index contributed by atoms with van der Waals surface area (Å²) in [6, 6.07) is 14.1. The highest BCUT2D eigenvalue weighted by Crippen LogP contribution is 2.19. The normalized spacial score (nSPS) is 17.1. The molecular weight excluding hydrogens is 380 g/mol. The molecule has 7 heteroatoms. The van der Waals surface area contributed by atoms with Gasteiger partial charge in [-0.2, -0.15) is 0 Å². The fraction of sp³-hybridized carbons (Fsp3) is 0.391. The van der Waals surface area contributed by atoms with Crippen molar-refractivity contribution in [2.45, 2.75) is 39.2 Å². The van der Waals surface area contributed by atoms with Gasteiger partial charge in [-0.1, -0.05) is 24.3 Å². The molecule has 0 aliphatic carbocycles. The average molecular weight is 409 g/mol. The lowest BCUT2D eigenvalue weighted by Crippen LogP contribution is -2.46. The van der Waals surface area contributed by atoms with Gasteiger partial charge in [0.15, 0.2) is 0 Å². The Morgan fingerprint density at radius 3 is 2.63 bits per heavy atom. The topological polar surface area (TPSA) is 91.4 Å². The minimum Gasteiger partial charge on any atom is -0.349 e. The smallest absolute Gasteiger partial charge is 0.251 e. The molecule has 1 aliphatic heterocycles. The van der Waals surface area contributed by atoms with Gasteiger partial charge in [0, 0.05) is 36.8 Å². The van der Waals surface area contributed by atoms with Crippen molar-refractivity contribution in [3.63, 3.8) is 0 Å². The standard InChI is InChI=1S/C23H28N4O3/c1-16-8-6-12-20(24-16)26-23(30)19-11-7-13-27(15-19)21(28)14-17(2)25-22(29)18-9-4-3-5-10-18/h3-6,8-10,12,17,19H,7,11,13-15H2,1-2H3,(H,25,29)(H,24,26,30). The van der Waals surface area contributed by atoms with Crippen LogP contribution in [-0.4, -0.2) is 46.7 Å². The van der Waals surface area contributed by atoms with E-state index in [4.69, 9.17) is 0 Å². The number of nitrogens with zero attached hydrogens (tertiary/aromatic N) is 2. The van der Waals surface area contributed by atoms with Crippen molar-refractivity contribution in [2.24, 2.45) is 5.92 Å². The number of nitrogens with one attached hydrogen (secondary N) is 2. The predicted molar refractivity (Wildman–Crippen MR) is 115 cm³/mol. The SMILES string of the molecule is Cc1cccc(NC(=O)C2CCCN(C(=O)CC(C)NC(=O)c3ccccc3)C2)n1. The van der Waals surface area contributed by atoms with Crippen molar-refractivity contribution >= 4 is 23.5 Å². The Kier molecular flexibility index (Phi) is 7.17. The fourth-order valence-corrected chi connectivity index (χ4v) is 3.60. The molecule has 1 aromatic carbocycles. The summed E-state index contributed by atoms with van der Waals surface area (Å²) in [6.07, 6.45) is 1.71. The number of pyridine rings is 1. The first-order valence-electron chi connectivity index (χ1n) is 10.3. The van der Waals surface area contributed by atoms with E-state index in [0.29, 0.717) is 24.5 Å². The third-order valence-electron chi connectivity index (χ3n) is 5.18. The number of amides is 3. The van der Waals surface area contributed by atoms with E-state index in [1.165, 1.54) is 0 Å². The number of hydrogen-bond donors (Lipinski definition) is 2. The first-order valence-corrected chi connectivity index (χ1v) is 10.3. The molecule has 1 aliphatic rings. The molecular formula is C23H28N4O3. The van der Waals surface area contributed by atoms with Crippen LogP contribution in [-0.2, 0) is 9.59 Å². The van der Waals surface area contributed by atoms with Gasteiger partial charge >= 0.3 is 0 Å². The molecule has 3 amide bonds. The number of rotatable bonds is 6. The molecule has 30 heavy (non-hydrogen) atoms. The Hall–Kier alpha value is -3.22. The summed E-state index contributed by atoms with van der Waals surface area (Å²) in [5.74, 6) is -0.101. The summed E-state index contributed by atoms with van der Waals surface area (Å²) >= 11 is 0. The van der Waals surface area contributed by atoms with E-state index in [1.807, 2.05) is 32.0 Å². The van der Waals surface area contributed by atoms with Gasteiger partial charge in [0.1, 0.15) is 5.82 Å². The van der Waals surface area contributed by atoms with Crippen molar-refractivity contribution in [2.75, 3.05) is 18.4 Å². The van der Waals surface area contributed by atoms with E-state index in [9.17, 15) is 14.4 Å². The summed E-state index contributed by atoms with van der Waals surface area (Å²) in [5, 5.41) is 5.72. The van der Waals surface area contributed by atoms with Crippen LogP contribution in [0.4, 0.5) is 5.82 Å². The number of benzene rings is 1. The Labute approximate surface area is 176 Å². The van der Waals surface area contributed by atoms with E-state index in [1.54, 1.807) is 35.2 Å². The molecule has 3 rings (SSSR count). The van der Waals surface area contributed by atoms with Gasteiger partial charge < -0.3 is 15.5 Å². The summed E-state index contributed by atoms with van der Waals surface area (Å²) in [6.45, 7) is 4.70. The Bertz CT molecular complexity index is 900. The van der Waals surface area contributed by atoms with Crippen LogP contribution in [0.15, 0.2) is 48.5 Å². The second kappa shape index (κ2) is 10.0. The predicted octanol–water partition coefficient (Wildman–Crippen LogP) is 2.78. The summed E-state index contributed by atoms with van der Waals surface area (Å²) in [5.41, 5.74) is 1.40. The summed E-state index contributed by atoms with van der Waals surface area (Å²) in [7, 11) is 0. The largest absolute Gasteiger partial charge is 0.349 e. The Balaban J connectivity index is 1.51. The maximum absolute atomic E-state index is 12.7. The quantitative estimate of drug-likeness (QED) is 0.769. The van der Waals surface area contributed by atoms with Crippen LogP contribution in [0.2, 0.25) is 0 Å². The van der Waals surface area contributed by atoms with Gasteiger partial charge in [0.25, 0.3) is 5.91 Å². The van der Waals surface area contributed by atoms with Gasteiger partial charge in [0.2, 0.25) is 11.8 Å². The Morgan fingerprint density at radius 2 is 1.90 bits per heavy atom. The van der Waals surface area contributed by atoms with E-state index in [2.05, 4.69) is 15.6 Å². The zero-order valence-corrected chi connectivity index (χ0v) is 17.4. The molecule has 1 fully saturated rings. The van der Waals surface area contributed by atoms with Crippen LogP contribution in [0.1, 0.15) is 42.2 Å². The van der Waals surface area contributed by atoms with Gasteiger partial charge in [-0.25, -0.2) is 4.98 Å². The van der Waals surface area contributed by atoms with Crippen LogP contribution < -0.4 is 10.6 Å². The van der Waals surface area contributed by atoms with Crippen molar-refractivity contribution in [3.05, 3.63) is 59.8 Å². The molecule has 2 aromatic rings.